The van der Waals surface area contributed by atoms with Crippen LogP contribution in [0.2, 0.25) is 0 Å². The van der Waals surface area contributed by atoms with Gasteiger partial charge in [-0.1, -0.05) is 20.3 Å². The molecule has 94 valence electrons. The molecule has 4 nitrogen and oxygen atoms in total. The van der Waals surface area contributed by atoms with E-state index in [2.05, 4.69) is 24.1 Å². The minimum Gasteiger partial charge on any atom is -0.449 e. The van der Waals surface area contributed by atoms with E-state index in [0.717, 1.165) is 12.8 Å². The van der Waals surface area contributed by atoms with Crippen LogP contribution in [0.4, 0.5) is 10.5 Å². The molecule has 0 radical (unpaired) electrons. The molecule has 0 fully saturated rings. The lowest BCUT2D eigenvalue weighted by Gasteiger charge is -2.07. The predicted molar refractivity (Wildman–Crippen MR) is 67.9 cm³/mol. The maximum atomic E-state index is 11.3. The topological polar surface area (TPSA) is 51.2 Å². The second-order valence-corrected chi connectivity index (χ2v) is 4.39. The molecule has 0 aliphatic rings. The lowest BCUT2D eigenvalue weighted by Crippen LogP contribution is -2.14. The molecule has 17 heavy (non-hydrogen) atoms. The molecule has 0 aromatic carbocycles. The summed E-state index contributed by atoms with van der Waals surface area (Å²) in [6.45, 7) is 4.85. The molecular weight excluding hydrogens is 216 g/mol. The van der Waals surface area contributed by atoms with Gasteiger partial charge >= 0.3 is 6.09 Å². The number of anilines is 1. The van der Waals surface area contributed by atoms with Crippen LogP contribution < -0.4 is 5.32 Å². The molecule has 1 aromatic heterocycles. The summed E-state index contributed by atoms with van der Waals surface area (Å²) in [6.07, 6.45) is 6.01. The Kier molecular flexibility index (Phi) is 6.07. The van der Waals surface area contributed by atoms with Crippen molar-refractivity contribution in [1.82, 2.24) is 4.98 Å². The Balaban J connectivity index is 2.10. The van der Waals surface area contributed by atoms with Crippen molar-refractivity contribution in [2.24, 2.45) is 5.92 Å². The molecule has 0 bridgehead atoms. The van der Waals surface area contributed by atoms with Crippen LogP contribution in [-0.4, -0.2) is 17.7 Å². The number of unbranched alkanes of at least 4 members (excludes halogenated alkanes) is 1. The highest BCUT2D eigenvalue weighted by Gasteiger charge is 2.02. The van der Waals surface area contributed by atoms with Crippen molar-refractivity contribution < 1.29 is 9.53 Å². The van der Waals surface area contributed by atoms with Crippen LogP contribution in [0.15, 0.2) is 24.5 Å². The number of carbonyl (C=O) groups is 1. The highest BCUT2D eigenvalue weighted by atomic mass is 16.5. The van der Waals surface area contributed by atoms with E-state index in [-0.39, 0.29) is 0 Å². The Bertz CT molecular complexity index is 325. The fourth-order valence-electron chi connectivity index (χ4n) is 1.41. The van der Waals surface area contributed by atoms with Gasteiger partial charge in [0.2, 0.25) is 0 Å². The Morgan fingerprint density at radius 2 is 2.29 bits per heavy atom. The van der Waals surface area contributed by atoms with Crippen molar-refractivity contribution in [2.75, 3.05) is 11.9 Å². The molecule has 1 heterocycles. The highest BCUT2D eigenvalue weighted by molar-refractivity contribution is 5.84. The summed E-state index contributed by atoms with van der Waals surface area (Å²) in [5, 5.41) is 2.62. The van der Waals surface area contributed by atoms with Crippen molar-refractivity contribution >= 4 is 11.8 Å². The van der Waals surface area contributed by atoms with Crippen LogP contribution in [0.3, 0.4) is 0 Å². The Morgan fingerprint density at radius 1 is 1.47 bits per heavy atom. The third kappa shape index (κ3) is 6.56. The molecule has 0 unspecified atom stereocenters. The average Bonchev–Trinajstić information content (AvgIpc) is 2.29. The fourth-order valence-corrected chi connectivity index (χ4v) is 1.41. The van der Waals surface area contributed by atoms with E-state index >= 15 is 0 Å². The van der Waals surface area contributed by atoms with Crippen molar-refractivity contribution in [3.63, 3.8) is 0 Å². The van der Waals surface area contributed by atoms with E-state index in [0.29, 0.717) is 18.2 Å². The van der Waals surface area contributed by atoms with Crippen molar-refractivity contribution in [3.05, 3.63) is 24.5 Å². The first-order valence-electron chi connectivity index (χ1n) is 6.02. The third-order valence-corrected chi connectivity index (χ3v) is 2.32. The van der Waals surface area contributed by atoms with Crippen LogP contribution in [0.5, 0.6) is 0 Å². The van der Waals surface area contributed by atoms with Crippen LogP contribution in [0.25, 0.3) is 0 Å². The number of pyridine rings is 1. The summed E-state index contributed by atoms with van der Waals surface area (Å²) < 4.78 is 5.05. The summed E-state index contributed by atoms with van der Waals surface area (Å²) in [7, 11) is 0. The SMILES string of the molecule is CC(C)CCCCOC(=O)Nc1cccnc1. The number of rotatable bonds is 6. The smallest absolute Gasteiger partial charge is 0.411 e. The lowest BCUT2D eigenvalue weighted by atomic mass is 10.1. The largest absolute Gasteiger partial charge is 0.449 e. The van der Waals surface area contributed by atoms with Gasteiger partial charge in [0.05, 0.1) is 18.5 Å². The fraction of sp³-hybridized carbons (Fsp3) is 0.538. The summed E-state index contributed by atoms with van der Waals surface area (Å²) in [5.74, 6) is 0.708. The molecule has 0 saturated heterocycles. The molecule has 1 aromatic rings. The van der Waals surface area contributed by atoms with Crippen LogP contribution >= 0.6 is 0 Å². The molecule has 1 rings (SSSR count). The first kappa shape index (κ1) is 13.5. The van der Waals surface area contributed by atoms with Gasteiger partial charge in [0.15, 0.2) is 0 Å². The highest BCUT2D eigenvalue weighted by Crippen LogP contribution is 2.07. The average molecular weight is 236 g/mol. The number of hydrogen-bond acceptors (Lipinski definition) is 3. The molecule has 1 amide bonds. The standard InChI is InChI=1S/C13H20N2O2/c1-11(2)6-3-4-9-17-13(16)15-12-7-5-8-14-10-12/h5,7-8,10-11H,3-4,6,9H2,1-2H3,(H,15,16). The molecule has 0 aliphatic carbocycles. The number of aromatic nitrogens is 1. The van der Waals surface area contributed by atoms with Gasteiger partial charge in [0, 0.05) is 6.20 Å². The first-order chi connectivity index (χ1) is 8.18. The Hall–Kier alpha value is -1.58. The lowest BCUT2D eigenvalue weighted by molar-refractivity contribution is 0.158. The molecular formula is C13H20N2O2. The molecule has 0 aliphatic heterocycles. The molecule has 1 N–H and O–H groups in total. The van der Waals surface area contributed by atoms with E-state index in [9.17, 15) is 4.79 Å². The van der Waals surface area contributed by atoms with Crippen LogP contribution in [0, 0.1) is 5.92 Å². The van der Waals surface area contributed by atoms with Gasteiger partial charge in [-0.3, -0.25) is 10.3 Å². The maximum Gasteiger partial charge on any atom is 0.411 e. The van der Waals surface area contributed by atoms with E-state index in [4.69, 9.17) is 4.74 Å². The van der Waals surface area contributed by atoms with Crippen molar-refractivity contribution in [2.45, 2.75) is 33.1 Å². The summed E-state index contributed by atoms with van der Waals surface area (Å²) in [5.41, 5.74) is 0.652. The van der Waals surface area contributed by atoms with Crippen molar-refractivity contribution in [3.8, 4) is 0 Å². The van der Waals surface area contributed by atoms with Gasteiger partial charge in [-0.2, -0.15) is 0 Å². The van der Waals surface area contributed by atoms with Crippen molar-refractivity contribution in [1.29, 1.82) is 0 Å². The quantitative estimate of drug-likeness (QED) is 0.769. The summed E-state index contributed by atoms with van der Waals surface area (Å²) >= 11 is 0. The van der Waals surface area contributed by atoms with Gasteiger partial charge in [0.1, 0.15) is 0 Å². The Labute approximate surface area is 102 Å². The van der Waals surface area contributed by atoms with Gasteiger partial charge in [0.25, 0.3) is 0 Å². The first-order valence-corrected chi connectivity index (χ1v) is 6.02. The minimum atomic E-state index is -0.414. The number of nitrogens with zero attached hydrogens (tertiary/aromatic N) is 1. The number of carbonyl (C=O) groups excluding carboxylic acids is 1. The zero-order chi connectivity index (χ0) is 12.5. The monoisotopic (exact) mass is 236 g/mol. The minimum absolute atomic E-state index is 0.414. The van der Waals surface area contributed by atoms with E-state index in [1.165, 1.54) is 6.42 Å². The second kappa shape index (κ2) is 7.65. The zero-order valence-corrected chi connectivity index (χ0v) is 10.5. The van der Waals surface area contributed by atoms with Crippen LogP contribution in [0.1, 0.15) is 33.1 Å². The summed E-state index contributed by atoms with van der Waals surface area (Å²) in [4.78, 5) is 15.2. The number of hydrogen-bond donors (Lipinski definition) is 1. The van der Waals surface area contributed by atoms with E-state index in [1.54, 1.807) is 24.5 Å². The van der Waals surface area contributed by atoms with Gasteiger partial charge in [-0.25, -0.2) is 4.79 Å². The molecule has 0 spiro atoms. The van der Waals surface area contributed by atoms with E-state index in [1.807, 2.05) is 0 Å². The van der Waals surface area contributed by atoms with Gasteiger partial charge in [-0.05, 0) is 30.9 Å². The second-order valence-electron chi connectivity index (χ2n) is 4.39. The normalized spacial score (nSPS) is 10.3. The summed E-state index contributed by atoms with van der Waals surface area (Å²) in [6, 6.07) is 3.53. The number of ether oxygens (including phenoxy) is 1. The van der Waals surface area contributed by atoms with Gasteiger partial charge < -0.3 is 4.74 Å². The molecule has 4 heteroatoms. The van der Waals surface area contributed by atoms with Gasteiger partial charge in [-0.15, -0.1) is 0 Å². The van der Waals surface area contributed by atoms with Crippen LogP contribution in [-0.2, 0) is 4.74 Å². The Morgan fingerprint density at radius 3 is 2.94 bits per heavy atom. The number of amides is 1. The molecule has 0 saturated carbocycles. The zero-order valence-electron chi connectivity index (χ0n) is 10.5. The maximum absolute atomic E-state index is 11.3. The molecule has 0 atom stereocenters. The number of nitrogens with one attached hydrogen (secondary N) is 1. The third-order valence-electron chi connectivity index (χ3n) is 2.32. The predicted octanol–water partition coefficient (Wildman–Crippen LogP) is 3.46. The van der Waals surface area contributed by atoms with E-state index < -0.39 is 6.09 Å².